The molecule has 0 aromatic carbocycles. The zero-order chi connectivity index (χ0) is 13.7. The average Bonchev–Trinajstić information content (AvgIpc) is 2.84. The Morgan fingerprint density at radius 1 is 1.44 bits per heavy atom. The van der Waals surface area contributed by atoms with E-state index in [9.17, 15) is 4.79 Å². The summed E-state index contributed by atoms with van der Waals surface area (Å²) in [6.45, 7) is 6.69. The standard InChI is InChI=1S/C12H22N4O2/c1-8(2)11-14-12(18-15-11)9(3)16(5)7-6-10(17)13-4/h8-9H,6-7H2,1-5H3,(H,13,17)/t9-/m0/s1. The normalized spacial score (nSPS) is 13.1. The van der Waals surface area contributed by atoms with E-state index in [2.05, 4.69) is 15.5 Å². The van der Waals surface area contributed by atoms with Gasteiger partial charge in [-0.15, -0.1) is 0 Å². The lowest BCUT2D eigenvalue weighted by Crippen LogP contribution is -2.28. The van der Waals surface area contributed by atoms with Gasteiger partial charge in [0, 0.05) is 25.9 Å². The topological polar surface area (TPSA) is 71.3 Å². The fraction of sp³-hybridized carbons (Fsp3) is 0.750. The van der Waals surface area contributed by atoms with Crippen LogP contribution in [-0.2, 0) is 4.79 Å². The Kier molecular flexibility index (Phi) is 5.27. The lowest BCUT2D eigenvalue weighted by Gasteiger charge is -2.20. The monoisotopic (exact) mass is 254 g/mol. The summed E-state index contributed by atoms with van der Waals surface area (Å²) in [5.41, 5.74) is 0. The predicted octanol–water partition coefficient (Wildman–Crippen LogP) is 1.32. The molecule has 0 aliphatic rings. The van der Waals surface area contributed by atoms with Gasteiger partial charge in [0.1, 0.15) is 0 Å². The lowest BCUT2D eigenvalue weighted by molar-refractivity contribution is -0.121. The Balaban J connectivity index is 2.56. The van der Waals surface area contributed by atoms with Crippen molar-refractivity contribution in [2.45, 2.75) is 39.2 Å². The Hall–Kier alpha value is -1.43. The summed E-state index contributed by atoms with van der Waals surface area (Å²) < 4.78 is 5.24. The van der Waals surface area contributed by atoms with Gasteiger partial charge in [0.2, 0.25) is 11.8 Å². The van der Waals surface area contributed by atoms with E-state index in [1.54, 1.807) is 7.05 Å². The number of hydrogen-bond donors (Lipinski definition) is 1. The molecule has 0 bridgehead atoms. The van der Waals surface area contributed by atoms with Crippen LogP contribution in [0.4, 0.5) is 0 Å². The van der Waals surface area contributed by atoms with E-state index in [-0.39, 0.29) is 17.9 Å². The Bertz CT molecular complexity index is 389. The van der Waals surface area contributed by atoms with Crippen LogP contribution in [0.5, 0.6) is 0 Å². The van der Waals surface area contributed by atoms with Gasteiger partial charge in [-0.2, -0.15) is 4.98 Å². The molecule has 102 valence electrons. The number of aromatic nitrogens is 2. The van der Waals surface area contributed by atoms with Crippen LogP contribution in [-0.4, -0.2) is 41.6 Å². The van der Waals surface area contributed by atoms with Crippen LogP contribution in [0.3, 0.4) is 0 Å². The second kappa shape index (κ2) is 6.49. The first-order chi connectivity index (χ1) is 8.45. The van der Waals surface area contributed by atoms with Gasteiger partial charge in [-0.25, -0.2) is 0 Å². The van der Waals surface area contributed by atoms with Gasteiger partial charge in [0.15, 0.2) is 5.82 Å². The summed E-state index contributed by atoms with van der Waals surface area (Å²) in [5, 5.41) is 6.54. The molecule has 1 atom stereocenters. The molecule has 0 spiro atoms. The van der Waals surface area contributed by atoms with E-state index >= 15 is 0 Å². The zero-order valence-corrected chi connectivity index (χ0v) is 11.7. The van der Waals surface area contributed by atoms with E-state index < -0.39 is 0 Å². The molecular weight excluding hydrogens is 232 g/mol. The minimum absolute atomic E-state index is 0.00894. The van der Waals surface area contributed by atoms with Crippen molar-refractivity contribution in [3.05, 3.63) is 11.7 Å². The van der Waals surface area contributed by atoms with Crippen molar-refractivity contribution in [3.63, 3.8) is 0 Å². The van der Waals surface area contributed by atoms with E-state index in [1.165, 1.54) is 0 Å². The third-order valence-corrected chi connectivity index (χ3v) is 2.96. The molecule has 1 amide bonds. The van der Waals surface area contributed by atoms with Crippen LogP contribution >= 0.6 is 0 Å². The van der Waals surface area contributed by atoms with Gasteiger partial charge >= 0.3 is 0 Å². The van der Waals surface area contributed by atoms with E-state index in [0.29, 0.717) is 18.9 Å². The highest BCUT2D eigenvalue weighted by molar-refractivity contribution is 5.75. The molecule has 18 heavy (non-hydrogen) atoms. The minimum Gasteiger partial charge on any atom is -0.359 e. The fourth-order valence-corrected chi connectivity index (χ4v) is 1.44. The maximum atomic E-state index is 11.2. The zero-order valence-electron chi connectivity index (χ0n) is 11.7. The van der Waals surface area contributed by atoms with Gasteiger partial charge in [-0.05, 0) is 14.0 Å². The summed E-state index contributed by atoms with van der Waals surface area (Å²) >= 11 is 0. The molecule has 6 heteroatoms. The van der Waals surface area contributed by atoms with Crippen molar-refractivity contribution in [2.75, 3.05) is 20.6 Å². The summed E-state index contributed by atoms with van der Waals surface area (Å²) in [6.07, 6.45) is 0.461. The van der Waals surface area contributed by atoms with Gasteiger partial charge in [-0.1, -0.05) is 19.0 Å². The molecule has 6 nitrogen and oxygen atoms in total. The first-order valence-corrected chi connectivity index (χ1v) is 6.20. The van der Waals surface area contributed by atoms with Gasteiger partial charge in [0.05, 0.1) is 6.04 Å². The highest BCUT2D eigenvalue weighted by Crippen LogP contribution is 2.19. The molecule has 0 fully saturated rings. The molecular formula is C12H22N4O2. The van der Waals surface area contributed by atoms with Crippen LogP contribution in [0.2, 0.25) is 0 Å². The maximum absolute atomic E-state index is 11.2. The molecule has 1 rings (SSSR count). The van der Waals surface area contributed by atoms with Gasteiger partial charge < -0.3 is 9.84 Å². The van der Waals surface area contributed by atoms with Crippen molar-refractivity contribution in [1.82, 2.24) is 20.4 Å². The van der Waals surface area contributed by atoms with Crippen LogP contribution in [0.25, 0.3) is 0 Å². The quantitative estimate of drug-likeness (QED) is 0.829. The largest absolute Gasteiger partial charge is 0.359 e. The molecule has 0 unspecified atom stereocenters. The maximum Gasteiger partial charge on any atom is 0.243 e. The van der Waals surface area contributed by atoms with E-state index in [1.807, 2.05) is 32.7 Å². The minimum atomic E-state index is 0.00894. The van der Waals surface area contributed by atoms with Crippen LogP contribution in [0, 0.1) is 0 Å². The molecule has 0 radical (unpaired) electrons. The highest BCUT2D eigenvalue weighted by atomic mass is 16.5. The molecule has 0 saturated heterocycles. The first kappa shape index (κ1) is 14.6. The summed E-state index contributed by atoms with van der Waals surface area (Å²) in [4.78, 5) is 17.6. The average molecular weight is 254 g/mol. The van der Waals surface area contributed by atoms with Crippen molar-refractivity contribution in [2.24, 2.45) is 0 Å². The molecule has 0 saturated carbocycles. The second-order valence-electron chi connectivity index (χ2n) is 4.73. The molecule has 1 aromatic rings. The summed E-state index contributed by atoms with van der Waals surface area (Å²) in [5.74, 6) is 1.60. The number of nitrogens with one attached hydrogen (secondary N) is 1. The van der Waals surface area contributed by atoms with Crippen molar-refractivity contribution in [3.8, 4) is 0 Å². The molecule has 0 aliphatic carbocycles. The molecule has 1 N–H and O–H groups in total. The second-order valence-corrected chi connectivity index (χ2v) is 4.73. The Morgan fingerprint density at radius 2 is 2.11 bits per heavy atom. The van der Waals surface area contributed by atoms with E-state index in [0.717, 1.165) is 5.82 Å². The predicted molar refractivity (Wildman–Crippen MR) is 68.1 cm³/mol. The number of carbonyl (C=O) groups is 1. The lowest BCUT2D eigenvalue weighted by atomic mass is 10.2. The molecule has 1 aromatic heterocycles. The third-order valence-electron chi connectivity index (χ3n) is 2.96. The van der Waals surface area contributed by atoms with Gasteiger partial charge in [-0.3, -0.25) is 9.69 Å². The number of amides is 1. The molecule has 0 aliphatic heterocycles. The number of nitrogens with zero attached hydrogens (tertiary/aromatic N) is 3. The Morgan fingerprint density at radius 3 is 2.61 bits per heavy atom. The number of carbonyl (C=O) groups excluding carboxylic acids is 1. The first-order valence-electron chi connectivity index (χ1n) is 6.20. The van der Waals surface area contributed by atoms with Crippen LogP contribution < -0.4 is 5.32 Å². The van der Waals surface area contributed by atoms with Gasteiger partial charge in [0.25, 0.3) is 0 Å². The highest BCUT2D eigenvalue weighted by Gasteiger charge is 2.19. The summed E-state index contributed by atoms with van der Waals surface area (Å²) in [7, 11) is 3.57. The Labute approximate surface area is 108 Å². The summed E-state index contributed by atoms with van der Waals surface area (Å²) in [6, 6.07) is 0.00894. The molecule has 1 heterocycles. The SMILES string of the molecule is CNC(=O)CCN(C)[C@@H](C)c1nc(C(C)C)no1. The van der Waals surface area contributed by atoms with Crippen molar-refractivity contribution < 1.29 is 9.32 Å². The smallest absolute Gasteiger partial charge is 0.243 e. The third kappa shape index (κ3) is 3.80. The fourth-order valence-electron chi connectivity index (χ4n) is 1.44. The van der Waals surface area contributed by atoms with E-state index in [4.69, 9.17) is 4.52 Å². The van der Waals surface area contributed by atoms with Crippen molar-refractivity contribution >= 4 is 5.91 Å². The number of hydrogen-bond acceptors (Lipinski definition) is 5. The van der Waals surface area contributed by atoms with Crippen LogP contribution in [0.15, 0.2) is 4.52 Å². The van der Waals surface area contributed by atoms with Crippen molar-refractivity contribution in [1.29, 1.82) is 0 Å². The van der Waals surface area contributed by atoms with Crippen LogP contribution in [0.1, 0.15) is 50.9 Å². The number of rotatable bonds is 6.